The number of benzene rings is 1. The number of nitrogens with one attached hydrogen (secondary N) is 2. The van der Waals surface area contributed by atoms with Crippen molar-refractivity contribution in [2.24, 2.45) is 0 Å². The van der Waals surface area contributed by atoms with Crippen LogP contribution in [0.25, 0.3) is 11.0 Å². The summed E-state index contributed by atoms with van der Waals surface area (Å²) in [7, 11) is 0. The van der Waals surface area contributed by atoms with Crippen molar-refractivity contribution in [3.05, 3.63) is 42.1 Å². The average molecular weight is 443 g/mol. The van der Waals surface area contributed by atoms with Crippen LogP contribution in [0.4, 0.5) is 5.69 Å². The van der Waals surface area contributed by atoms with Gasteiger partial charge in [0.15, 0.2) is 5.16 Å². The molecule has 1 aromatic carbocycles. The van der Waals surface area contributed by atoms with Crippen molar-refractivity contribution in [2.45, 2.75) is 62.1 Å². The molecule has 0 saturated carbocycles. The summed E-state index contributed by atoms with van der Waals surface area (Å²) in [6, 6.07) is 12.0. The number of carbonyl (C=O) groups excluding carboxylic acids is 1. The van der Waals surface area contributed by atoms with Gasteiger partial charge in [0, 0.05) is 17.9 Å². The molecular formula is C23H30N4OS2. The summed E-state index contributed by atoms with van der Waals surface area (Å²) in [6.45, 7) is 1.96. The SMILES string of the molecule is CSc1nc(C)ccc1NC(=O)CCCCCCCCSc1nc2ccccc2[nH]1. The van der Waals surface area contributed by atoms with E-state index in [0.29, 0.717) is 6.42 Å². The van der Waals surface area contributed by atoms with E-state index in [0.717, 1.165) is 51.2 Å². The first-order valence-corrected chi connectivity index (χ1v) is 12.8. The molecule has 0 unspecified atom stereocenters. The summed E-state index contributed by atoms with van der Waals surface area (Å²) in [5.74, 6) is 1.17. The van der Waals surface area contributed by atoms with E-state index in [1.54, 1.807) is 23.5 Å². The highest BCUT2D eigenvalue weighted by Crippen LogP contribution is 2.24. The van der Waals surface area contributed by atoms with Gasteiger partial charge in [-0.1, -0.05) is 49.6 Å². The molecule has 0 saturated heterocycles. The first kappa shape index (κ1) is 22.7. The van der Waals surface area contributed by atoms with E-state index in [-0.39, 0.29) is 5.91 Å². The van der Waals surface area contributed by atoms with Gasteiger partial charge in [-0.05, 0) is 50.3 Å². The van der Waals surface area contributed by atoms with Gasteiger partial charge in [0.1, 0.15) is 5.03 Å². The number of unbranched alkanes of at least 4 members (excludes halogenated alkanes) is 5. The normalized spacial score (nSPS) is 11.1. The highest BCUT2D eigenvalue weighted by Gasteiger charge is 2.08. The third-order valence-corrected chi connectivity index (χ3v) is 6.53. The molecule has 7 heteroatoms. The Hall–Kier alpha value is -1.99. The Morgan fingerprint density at radius 1 is 1.00 bits per heavy atom. The van der Waals surface area contributed by atoms with Crippen molar-refractivity contribution in [3.63, 3.8) is 0 Å². The summed E-state index contributed by atoms with van der Waals surface area (Å²) in [4.78, 5) is 24.6. The molecule has 0 fully saturated rings. The van der Waals surface area contributed by atoms with Crippen LogP contribution in [0.2, 0.25) is 0 Å². The average Bonchev–Trinajstić information content (AvgIpc) is 3.16. The number of hydrogen-bond acceptors (Lipinski definition) is 5. The molecule has 2 aromatic heterocycles. The smallest absolute Gasteiger partial charge is 0.224 e. The molecule has 0 radical (unpaired) electrons. The molecule has 0 aliphatic rings. The Balaban J connectivity index is 1.22. The number of rotatable bonds is 12. The fourth-order valence-electron chi connectivity index (χ4n) is 3.26. The zero-order valence-corrected chi connectivity index (χ0v) is 19.4. The number of imidazole rings is 1. The van der Waals surface area contributed by atoms with Crippen LogP contribution in [0.15, 0.2) is 46.6 Å². The molecule has 0 bridgehead atoms. The lowest BCUT2D eigenvalue weighted by molar-refractivity contribution is -0.116. The number of hydrogen-bond donors (Lipinski definition) is 2. The molecule has 30 heavy (non-hydrogen) atoms. The number of amides is 1. The third kappa shape index (κ3) is 7.06. The van der Waals surface area contributed by atoms with Crippen LogP contribution in [0.3, 0.4) is 0 Å². The largest absolute Gasteiger partial charge is 0.333 e. The molecule has 2 heterocycles. The number of thioether (sulfide) groups is 2. The Morgan fingerprint density at radius 3 is 2.57 bits per heavy atom. The van der Waals surface area contributed by atoms with Crippen molar-refractivity contribution in [3.8, 4) is 0 Å². The number of aromatic amines is 1. The van der Waals surface area contributed by atoms with Crippen LogP contribution in [0.5, 0.6) is 0 Å². The number of H-pyrrole nitrogens is 1. The number of aryl methyl sites for hydroxylation is 1. The van der Waals surface area contributed by atoms with Gasteiger partial charge in [-0.25, -0.2) is 9.97 Å². The van der Waals surface area contributed by atoms with Crippen LogP contribution in [0.1, 0.15) is 50.6 Å². The first-order chi connectivity index (χ1) is 14.7. The summed E-state index contributed by atoms with van der Waals surface area (Å²) >= 11 is 3.36. The van der Waals surface area contributed by atoms with Gasteiger partial charge < -0.3 is 10.3 Å². The van der Waals surface area contributed by atoms with E-state index in [9.17, 15) is 4.79 Å². The zero-order valence-electron chi connectivity index (χ0n) is 17.7. The van der Waals surface area contributed by atoms with Gasteiger partial charge in [0.25, 0.3) is 0 Å². The quantitative estimate of drug-likeness (QED) is 0.249. The molecule has 5 nitrogen and oxygen atoms in total. The second-order valence-corrected chi connectivity index (χ2v) is 9.22. The third-order valence-electron chi connectivity index (χ3n) is 4.87. The van der Waals surface area contributed by atoms with Crippen LogP contribution < -0.4 is 5.32 Å². The molecule has 0 spiro atoms. The van der Waals surface area contributed by atoms with E-state index in [1.807, 2.05) is 43.5 Å². The minimum absolute atomic E-state index is 0.0817. The number of anilines is 1. The highest BCUT2D eigenvalue weighted by atomic mass is 32.2. The summed E-state index contributed by atoms with van der Waals surface area (Å²) in [5.41, 5.74) is 3.92. The van der Waals surface area contributed by atoms with E-state index in [1.165, 1.54) is 25.7 Å². The van der Waals surface area contributed by atoms with Crippen LogP contribution in [-0.4, -0.2) is 32.9 Å². The highest BCUT2D eigenvalue weighted by molar-refractivity contribution is 7.99. The van der Waals surface area contributed by atoms with Crippen LogP contribution in [0, 0.1) is 6.92 Å². The van der Waals surface area contributed by atoms with Crippen molar-refractivity contribution in [1.82, 2.24) is 15.0 Å². The van der Waals surface area contributed by atoms with E-state index in [2.05, 4.69) is 26.3 Å². The minimum Gasteiger partial charge on any atom is -0.333 e. The molecular weight excluding hydrogens is 412 g/mol. The van der Waals surface area contributed by atoms with Crippen molar-refractivity contribution in [1.29, 1.82) is 0 Å². The Kier molecular flexibility index (Phi) is 9.08. The molecule has 0 aliphatic carbocycles. The lowest BCUT2D eigenvalue weighted by Crippen LogP contribution is -2.12. The Labute approximate surface area is 187 Å². The standard InChI is InChI=1S/C23H30N4OS2/c1-17-14-15-20(22(24-17)29-2)25-21(28)13-7-5-3-4-6-10-16-30-23-26-18-11-8-9-12-19(18)27-23/h8-9,11-12,14-15H,3-7,10,13,16H2,1-2H3,(H,25,28)(H,26,27). The zero-order chi connectivity index (χ0) is 21.2. The summed E-state index contributed by atoms with van der Waals surface area (Å²) in [6.07, 6.45) is 9.42. The van der Waals surface area contributed by atoms with Gasteiger partial charge >= 0.3 is 0 Å². The number of para-hydroxylation sites is 2. The monoisotopic (exact) mass is 442 g/mol. The maximum Gasteiger partial charge on any atom is 0.224 e. The first-order valence-electron chi connectivity index (χ1n) is 10.5. The fraction of sp³-hybridized carbons (Fsp3) is 0.435. The van der Waals surface area contributed by atoms with Crippen molar-refractivity contribution in [2.75, 3.05) is 17.3 Å². The number of carbonyl (C=O) groups is 1. The fourth-order valence-corrected chi connectivity index (χ4v) is 4.72. The lowest BCUT2D eigenvalue weighted by atomic mass is 10.1. The number of nitrogens with zero attached hydrogens (tertiary/aromatic N) is 2. The number of aromatic nitrogens is 3. The van der Waals surface area contributed by atoms with E-state index >= 15 is 0 Å². The molecule has 0 aliphatic heterocycles. The van der Waals surface area contributed by atoms with Crippen LogP contribution >= 0.6 is 23.5 Å². The molecule has 2 N–H and O–H groups in total. The summed E-state index contributed by atoms with van der Waals surface area (Å²) < 4.78 is 0. The minimum atomic E-state index is 0.0817. The van der Waals surface area contributed by atoms with Crippen LogP contribution in [-0.2, 0) is 4.79 Å². The predicted molar refractivity (Wildman–Crippen MR) is 129 cm³/mol. The maximum atomic E-state index is 12.2. The molecule has 0 atom stereocenters. The summed E-state index contributed by atoms with van der Waals surface area (Å²) in [5, 5.41) is 4.89. The number of fused-ring (bicyclic) bond motifs is 1. The molecule has 3 aromatic rings. The predicted octanol–water partition coefficient (Wildman–Crippen LogP) is 6.45. The Morgan fingerprint density at radius 2 is 1.77 bits per heavy atom. The second-order valence-electron chi connectivity index (χ2n) is 7.34. The molecule has 160 valence electrons. The number of pyridine rings is 1. The second kappa shape index (κ2) is 12.0. The molecule has 1 amide bonds. The van der Waals surface area contributed by atoms with Gasteiger partial charge in [-0.15, -0.1) is 11.8 Å². The van der Waals surface area contributed by atoms with Gasteiger partial charge in [0.2, 0.25) is 5.91 Å². The van der Waals surface area contributed by atoms with E-state index in [4.69, 9.17) is 0 Å². The maximum absolute atomic E-state index is 12.2. The van der Waals surface area contributed by atoms with Crippen molar-refractivity contribution < 1.29 is 4.79 Å². The van der Waals surface area contributed by atoms with Crippen molar-refractivity contribution >= 4 is 46.2 Å². The van der Waals surface area contributed by atoms with Gasteiger partial charge in [0.05, 0.1) is 16.7 Å². The van der Waals surface area contributed by atoms with Gasteiger partial charge in [-0.3, -0.25) is 4.79 Å². The van der Waals surface area contributed by atoms with E-state index < -0.39 is 0 Å². The topological polar surface area (TPSA) is 70.7 Å². The Bertz CT molecular complexity index is 924. The molecule has 3 rings (SSSR count). The lowest BCUT2D eigenvalue weighted by Gasteiger charge is -2.09. The van der Waals surface area contributed by atoms with Gasteiger partial charge in [-0.2, -0.15) is 0 Å².